The highest BCUT2D eigenvalue weighted by Gasteiger charge is 2.30. The normalized spacial score (nSPS) is 15.5. The molecule has 27 heavy (non-hydrogen) atoms. The Balaban J connectivity index is 1.80. The molecule has 1 N–H and O–H groups in total. The number of benzene rings is 2. The molecular formula is C20H15F3N4. The highest BCUT2D eigenvalue weighted by molar-refractivity contribution is 6.05. The van der Waals surface area contributed by atoms with Crippen molar-refractivity contribution in [3.05, 3.63) is 82.2 Å². The maximum absolute atomic E-state index is 13.0. The number of nitrogens with zero attached hydrogens (tertiary/aromatic N) is 3. The first-order valence-electron chi connectivity index (χ1n) is 8.34. The molecule has 4 rings (SSSR count). The number of alkyl halides is 3. The van der Waals surface area contributed by atoms with E-state index in [0.29, 0.717) is 17.8 Å². The molecule has 136 valence electrons. The molecule has 0 fully saturated rings. The highest BCUT2D eigenvalue weighted by Crippen LogP contribution is 2.43. The van der Waals surface area contributed by atoms with E-state index in [2.05, 4.69) is 20.6 Å². The summed E-state index contributed by atoms with van der Waals surface area (Å²) in [4.78, 5) is 0. The van der Waals surface area contributed by atoms with E-state index < -0.39 is 11.7 Å². The molecule has 0 spiro atoms. The van der Waals surface area contributed by atoms with Gasteiger partial charge < -0.3 is 0 Å². The van der Waals surface area contributed by atoms with E-state index in [9.17, 15) is 13.2 Å². The minimum atomic E-state index is -4.36. The van der Waals surface area contributed by atoms with Crippen molar-refractivity contribution >= 4 is 17.2 Å². The number of hydrogen-bond donors (Lipinski definition) is 1. The van der Waals surface area contributed by atoms with Gasteiger partial charge in [-0.05, 0) is 58.5 Å². The summed E-state index contributed by atoms with van der Waals surface area (Å²) in [6.07, 6.45) is -2.07. The number of rotatable bonds is 3. The summed E-state index contributed by atoms with van der Waals surface area (Å²) in [7, 11) is 0. The van der Waals surface area contributed by atoms with Crippen LogP contribution >= 0.6 is 0 Å². The largest absolute Gasteiger partial charge is 0.416 e. The van der Waals surface area contributed by atoms with Crippen LogP contribution in [0.15, 0.2) is 54.1 Å². The zero-order valence-corrected chi connectivity index (χ0v) is 14.4. The predicted molar refractivity (Wildman–Crippen MR) is 96.2 cm³/mol. The van der Waals surface area contributed by atoms with Gasteiger partial charge in [0, 0.05) is 6.42 Å². The summed E-state index contributed by atoms with van der Waals surface area (Å²) in [6, 6.07) is 13.2. The van der Waals surface area contributed by atoms with Crippen molar-refractivity contribution in [1.82, 2.24) is 20.6 Å². The van der Waals surface area contributed by atoms with Gasteiger partial charge >= 0.3 is 6.18 Å². The molecule has 0 amide bonds. The fourth-order valence-electron chi connectivity index (χ4n) is 3.35. The predicted octanol–water partition coefficient (Wildman–Crippen LogP) is 4.79. The SMILES string of the molecule is CC1=C(Cc2nn[nH]n2)c2ccccc2/C1=C\c1cccc(C(F)(F)F)c1. The lowest BCUT2D eigenvalue weighted by Gasteiger charge is -2.08. The molecule has 1 aliphatic carbocycles. The van der Waals surface area contributed by atoms with Crippen LogP contribution in [-0.4, -0.2) is 20.6 Å². The zero-order chi connectivity index (χ0) is 19.0. The Morgan fingerprint density at radius 1 is 1.04 bits per heavy atom. The van der Waals surface area contributed by atoms with Crippen molar-refractivity contribution in [3.8, 4) is 0 Å². The van der Waals surface area contributed by atoms with Gasteiger partial charge in [0.2, 0.25) is 0 Å². The van der Waals surface area contributed by atoms with Gasteiger partial charge in [0.25, 0.3) is 0 Å². The number of H-pyrrole nitrogens is 1. The van der Waals surface area contributed by atoms with Crippen molar-refractivity contribution < 1.29 is 13.2 Å². The van der Waals surface area contributed by atoms with Crippen molar-refractivity contribution in [1.29, 1.82) is 0 Å². The van der Waals surface area contributed by atoms with Gasteiger partial charge in [-0.15, -0.1) is 10.2 Å². The quantitative estimate of drug-likeness (QED) is 0.723. The molecule has 0 radical (unpaired) electrons. The van der Waals surface area contributed by atoms with Crippen LogP contribution in [0.5, 0.6) is 0 Å². The number of aromatic nitrogens is 4. The minimum absolute atomic E-state index is 0.499. The van der Waals surface area contributed by atoms with E-state index in [1.165, 1.54) is 12.1 Å². The summed E-state index contributed by atoms with van der Waals surface area (Å²) >= 11 is 0. The molecule has 0 bridgehead atoms. The third-order valence-corrected chi connectivity index (χ3v) is 4.65. The third-order valence-electron chi connectivity index (χ3n) is 4.65. The van der Waals surface area contributed by atoms with E-state index in [1.54, 1.807) is 12.1 Å². The van der Waals surface area contributed by atoms with E-state index in [1.807, 2.05) is 31.2 Å². The Labute approximate surface area is 153 Å². The lowest BCUT2D eigenvalue weighted by Crippen LogP contribution is -2.04. The Hall–Kier alpha value is -3.22. The maximum Gasteiger partial charge on any atom is 0.416 e. The molecular weight excluding hydrogens is 353 g/mol. The second-order valence-corrected chi connectivity index (χ2v) is 6.34. The van der Waals surface area contributed by atoms with E-state index in [-0.39, 0.29) is 0 Å². The third kappa shape index (κ3) is 3.28. The van der Waals surface area contributed by atoms with Gasteiger partial charge in [-0.3, -0.25) is 0 Å². The molecule has 1 heterocycles. The molecule has 7 heteroatoms. The number of allylic oxidation sites excluding steroid dienone is 3. The average molecular weight is 368 g/mol. The fourth-order valence-corrected chi connectivity index (χ4v) is 3.35. The summed E-state index contributed by atoms with van der Waals surface area (Å²) in [5.41, 5.74) is 4.84. The molecule has 2 aromatic carbocycles. The smallest absolute Gasteiger partial charge is 0.177 e. The number of halogens is 3. The summed E-state index contributed by atoms with van der Waals surface area (Å²) in [5, 5.41) is 14.0. The highest BCUT2D eigenvalue weighted by atomic mass is 19.4. The first-order valence-corrected chi connectivity index (χ1v) is 8.34. The monoisotopic (exact) mass is 368 g/mol. The molecule has 1 aromatic heterocycles. The molecule has 0 aliphatic heterocycles. The van der Waals surface area contributed by atoms with Gasteiger partial charge in [-0.1, -0.05) is 41.6 Å². The van der Waals surface area contributed by atoms with Gasteiger partial charge in [0.15, 0.2) is 5.82 Å². The van der Waals surface area contributed by atoms with Crippen LogP contribution in [0, 0.1) is 0 Å². The summed E-state index contributed by atoms with van der Waals surface area (Å²) in [5.74, 6) is 0.569. The van der Waals surface area contributed by atoms with Crippen LogP contribution < -0.4 is 0 Å². The number of aromatic amines is 1. The fraction of sp³-hybridized carbons (Fsp3) is 0.150. The van der Waals surface area contributed by atoms with Gasteiger partial charge in [-0.2, -0.15) is 18.4 Å². The van der Waals surface area contributed by atoms with Crippen LogP contribution in [0.1, 0.15) is 35.0 Å². The summed E-state index contributed by atoms with van der Waals surface area (Å²) < 4.78 is 39.1. The molecule has 3 aromatic rings. The topological polar surface area (TPSA) is 54.5 Å². The molecule has 0 atom stereocenters. The summed E-state index contributed by atoms with van der Waals surface area (Å²) in [6.45, 7) is 1.97. The second kappa shape index (κ2) is 6.50. The number of hydrogen-bond acceptors (Lipinski definition) is 3. The maximum atomic E-state index is 13.0. The van der Waals surface area contributed by atoms with Gasteiger partial charge in [-0.25, -0.2) is 0 Å². The first-order chi connectivity index (χ1) is 12.9. The van der Waals surface area contributed by atoms with E-state index in [4.69, 9.17) is 0 Å². The van der Waals surface area contributed by atoms with E-state index >= 15 is 0 Å². The minimum Gasteiger partial charge on any atom is -0.177 e. The Kier molecular flexibility index (Phi) is 4.14. The Bertz CT molecular complexity index is 1050. The number of fused-ring (bicyclic) bond motifs is 1. The molecule has 0 unspecified atom stereocenters. The average Bonchev–Trinajstić information content (AvgIpc) is 3.24. The Morgan fingerprint density at radius 3 is 2.52 bits per heavy atom. The number of nitrogens with one attached hydrogen (secondary N) is 1. The van der Waals surface area contributed by atoms with Crippen LogP contribution in [0.2, 0.25) is 0 Å². The van der Waals surface area contributed by atoms with Crippen molar-refractivity contribution in [2.75, 3.05) is 0 Å². The molecule has 0 saturated carbocycles. The van der Waals surface area contributed by atoms with Crippen molar-refractivity contribution in [2.45, 2.75) is 19.5 Å². The molecule has 1 aliphatic rings. The number of tetrazole rings is 1. The Morgan fingerprint density at radius 2 is 1.81 bits per heavy atom. The molecule has 4 nitrogen and oxygen atoms in total. The van der Waals surface area contributed by atoms with Gasteiger partial charge in [0.1, 0.15) is 0 Å². The van der Waals surface area contributed by atoms with Crippen LogP contribution in [0.25, 0.3) is 17.2 Å². The first kappa shape index (κ1) is 17.2. The van der Waals surface area contributed by atoms with Crippen LogP contribution in [0.4, 0.5) is 13.2 Å². The zero-order valence-electron chi connectivity index (χ0n) is 14.4. The standard InChI is InChI=1S/C20H15F3N4/c1-12-17(10-13-5-4-6-14(9-13)20(21,22)23)15-7-2-3-8-16(15)18(12)11-19-24-26-27-25-19/h2-10H,11H2,1H3,(H,24,25,26,27)/b17-10-. The lowest BCUT2D eigenvalue weighted by atomic mass is 10.00. The van der Waals surface area contributed by atoms with Crippen LogP contribution in [0.3, 0.4) is 0 Å². The van der Waals surface area contributed by atoms with Crippen LogP contribution in [-0.2, 0) is 12.6 Å². The molecule has 0 saturated heterocycles. The van der Waals surface area contributed by atoms with Crippen molar-refractivity contribution in [2.24, 2.45) is 0 Å². The van der Waals surface area contributed by atoms with E-state index in [0.717, 1.165) is 33.9 Å². The van der Waals surface area contributed by atoms with Gasteiger partial charge in [0.05, 0.1) is 5.56 Å². The second-order valence-electron chi connectivity index (χ2n) is 6.34. The lowest BCUT2D eigenvalue weighted by molar-refractivity contribution is -0.137. The van der Waals surface area contributed by atoms with Crippen molar-refractivity contribution in [3.63, 3.8) is 0 Å².